The number of aromatic nitrogens is 2. The van der Waals surface area contributed by atoms with Crippen molar-refractivity contribution in [2.75, 3.05) is 18.4 Å². The van der Waals surface area contributed by atoms with Gasteiger partial charge in [-0.1, -0.05) is 0 Å². The summed E-state index contributed by atoms with van der Waals surface area (Å²) in [6, 6.07) is 0.201. The number of hydrogen-bond acceptors (Lipinski definition) is 4. The predicted octanol–water partition coefficient (Wildman–Crippen LogP) is -0.523. The van der Waals surface area contributed by atoms with Crippen molar-refractivity contribution in [1.82, 2.24) is 15.1 Å². The minimum Gasteiger partial charge on any atom is -0.347 e. The van der Waals surface area contributed by atoms with E-state index >= 15 is 0 Å². The van der Waals surface area contributed by atoms with Crippen molar-refractivity contribution in [3.05, 3.63) is 12.4 Å². The number of nitrogens with two attached hydrogens (primary N) is 1. The van der Waals surface area contributed by atoms with E-state index < -0.39 is 11.8 Å². The molecule has 0 saturated heterocycles. The van der Waals surface area contributed by atoms with Crippen LogP contribution in [0.1, 0.15) is 19.9 Å². The summed E-state index contributed by atoms with van der Waals surface area (Å²) in [6.07, 6.45) is 3.16. The lowest BCUT2D eigenvalue weighted by molar-refractivity contribution is -0.136. The lowest BCUT2D eigenvalue weighted by atomic mass is 10.4. The first-order chi connectivity index (χ1) is 8.04. The molecule has 0 aliphatic carbocycles. The lowest BCUT2D eigenvalue weighted by Crippen LogP contribution is -2.37. The number of rotatable bonds is 4. The fraction of sp³-hybridized carbons (Fsp3) is 0.500. The van der Waals surface area contributed by atoms with Gasteiger partial charge in [0.1, 0.15) is 0 Å². The Hall–Kier alpha value is -1.89. The second kappa shape index (κ2) is 6.00. The van der Waals surface area contributed by atoms with Crippen LogP contribution in [0.3, 0.4) is 0 Å². The van der Waals surface area contributed by atoms with E-state index in [0.717, 1.165) is 0 Å². The number of carbonyl (C=O) groups is 2. The molecule has 2 amide bonds. The van der Waals surface area contributed by atoms with Gasteiger partial charge in [0.2, 0.25) is 0 Å². The van der Waals surface area contributed by atoms with E-state index in [2.05, 4.69) is 15.7 Å². The number of nitrogens with zero attached hydrogens (tertiary/aromatic N) is 2. The highest BCUT2D eigenvalue weighted by molar-refractivity contribution is 6.39. The average Bonchev–Trinajstić information content (AvgIpc) is 2.74. The predicted molar refractivity (Wildman–Crippen MR) is 63.3 cm³/mol. The van der Waals surface area contributed by atoms with E-state index in [-0.39, 0.29) is 12.6 Å². The monoisotopic (exact) mass is 239 g/mol. The maximum absolute atomic E-state index is 11.4. The van der Waals surface area contributed by atoms with Gasteiger partial charge in [0.05, 0.1) is 11.9 Å². The molecule has 1 rings (SSSR count). The highest BCUT2D eigenvalue weighted by atomic mass is 16.2. The van der Waals surface area contributed by atoms with Crippen LogP contribution in [0.2, 0.25) is 0 Å². The normalized spacial score (nSPS) is 10.4. The zero-order chi connectivity index (χ0) is 12.8. The summed E-state index contributed by atoms with van der Waals surface area (Å²) >= 11 is 0. The average molecular weight is 239 g/mol. The van der Waals surface area contributed by atoms with Gasteiger partial charge in [-0.2, -0.15) is 5.10 Å². The molecule has 17 heavy (non-hydrogen) atoms. The Kier molecular flexibility index (Phi) is 4.65. The molecule has 7 heteroatoms. The summed E-state index contributed by atoms with van der Waals surface area (Å²) < 4.78 is 1.69. The van der Waals surface area contributed by atoms with Crippen LogP contribution in [0.5, 0.6) is 0 Å². The minimum absolute atomic E-state index is 0.201. The minimum atomic E-state index is -0.721. The van der Waals surface area contributed by atoms with E-state index in [9.17, 15) is 9.59 Å². The van der Waals surface area contributed by atoms with Crippen LogP contribution in [-0.4, -0.2) is 34.7 Å². The second-order valence-electron chi connectivity index (χ2n) is 3.80. The van der Waals surface area contributed by atoms with Crippen LogP contribution in [-0.2, 0) is 9.59 Å². The van der Waals surface area contributed by atoms with Gasteiger partial charge in [0.15, 0.2) is 0 Å². The number of carbonyl (C=O) groups excluding carboxylic acids is 2. The standard InChI is InChI=1S/C10H17N5O2/c1-7(2)15-6-8(5-13-15)14-10(17)9(16)12-4-3-11/h5-7H,3-4,11H2,1-2H3,(H,12,16)(H,14,17). The highest BCUT2D eigenvalue weighted by Gasteiger charge is 2.13. The Bertz CT molecular complexity index is 399. The first kappa shape index (κ1) is 13.2. The molecule has 1 aromatic rings. The molecule has 0 fully saturated rings. The molecule has 94 valence electrons. The molecule has 7 nitrogen and oxygen atoms in total. The highest BCUT2D eigenvalue weighted by Crippen LogP contribution is 2.09. The Morgan fingerprint density at radius 2 is 2.18 bits per heavy atom. The van der Waals surface area contributed by atoms with Crippen molar-refractivity contribution in [2.45, 2.75) is 19.9 Å². The smallest absolute Gasteiger partial charge is 0.313 e. The second-order valence-corrected chi connectivity index (χ2v) is 3.80. The molecule has 0 bridgehead atoms. The summed E-state index contributed by atoms with van der Waals surface area (Å²) in [4.78, 5) is 22.6. The van der Waals surface area contributed by atoms with Gasteiger partial charge in [-0.15, -0.1) is 0 Å². The van der Waals surface area contributed by atoms with Crippen molar-refractivity contribution < 1.29 is 9.59 Å². The topological polar surface area (TPSA) is 102 Å². The zero-order valence-corrected chi connectivity index (χ0v) is 9.93. The van der Waals surface area contributed by atoms with Crippen molar-refractivity contribution in [1.29, 1.82) is 0 Å². The molecule has 0 radical (unpaired) electrons. The van der Waals surface area contributed by atoms with E-state index in [1.165, 1.54) is 6.20 Å². The molecule has 0 atom stereocenters. The summed E-state index contributed by atoms with van der Waals surface area (Å²) in [6.45, 7) is 4.50. The molecular weight excluding hydrogens is 222 g/mol. The number of nitrogens with one attached hydrogen (secondary N) is 2. The Balaban J connectivity index is 2.52. The third-order valence-corrected chi connectivity index (χ3v) is 2.02. The van der Waals surface area contributed by atoms with Gasteiger partial charge >= 0.3 is 11.8 Å². The van der Waals surface area contributed by atoms with Crippen LogP contribution >= 0.6 is 0 Å². The first-order valence-corrected chi connectivity index (χ1v) is 5.38. The number of hydrogen-bond donors (Lipinski definition) is 3. The molecule has 0 aromatic carbocycles. The summed E-state index contributed by atoms with van der Waals surface area (Å²) in [5, 5.41) is 8.87. The zero-order valence-electron chi connectivity index (χ0n) is 9.93. The molecule has 4 N–H and O–H groups in total. The van der Waals surface area contributed by atoms with E-state index in [4.69, 9.17) is 5.73 Å². The Morgan fingerprint density at radius 3 is 2.71 bits per heavy atom. The Labute approximate surface area is 99.4 Å². The molecular formula is C10H17N5O2. The van der Waals surface area contributed by atoms with Crippen molar-refractivity contribution in [2.24, 2.45) is 5.73 Å². The SMILES string of the molecule is CC(C)n1cc(NC(=O)C(=O)NCCN)cn1. The first-order valence-electron chi connectivity index (χ1n) is 5.38. The van der Waals surface area contributed by atoms with Gasteiger partial charge in [-0.25, -0.2) is 0 Å². The summed E-state index contributed by atoms with van der Waals surface area (Å²) in [5.74, 6) is -1.42. The van der Waals surface area contributed by atoms with E-state index in [1.54, 1.807) is 10.9 Å². The molecule has 0 saturated carbocycles. The third-order valence-electron chi connectivity index (χ3n) is 2.02. The van der Waals surface area contributed by atoms with Crippen LogP contribution in [0, 0.1) is 0 Å². The third kappa shape index (κ3) is 3.87. The number of anilines is 1. The molecule has 0 aliphatic heterocycles. The summed E-state index contributed by atoms with van der Waals surface area (Å²) in [7, 11) is 0. The Morgan fingerprint density at radius 1 is 1.47 bits per heavy atom. The maximum atomic E-state index is 11.4. The largest absolute Gasteiger partial charge is 0.347 e. The van der Waals surface area contributed by atoms with Crippen LogP contribution in [0.4, 0.5) is 5.69 Å². The number of amides is 2. The fourth-order valence-electron chi connectivity index (χ4n) is 1.14. The molecule has 1 heterocycles. The quantitative estimate of drug-likeness (QED) is 0.615. The lowest BCUT2D eigenvalue weighted by Gasteiger charge is -2.04. The van der Waals surface area contributed by atoms with Crippen LogP contribution in [0.15, 0.2) is 12.4 Å². The van der Waals surface area contributed by atoms with Gasteiger partial charge in [0.25, 0.3) is 0 Å². The van der Waals surface area contributed by atoms with Gasteiger partial charge in [0, 0.05) is 25.3 Å². The maximum Gasteiger partial charge on any atom is 0.313 e. The fourth-order valence-corrected chi connectivity index (χ4v) is 1.14. The van der Waals surface area contributed by atoms with Crippen molar-refractivity contribution in [3.8, 4) is 0 Å². The van der Waals surface area contributed by atoms with Gasteiger partial charge in [-0.05, 0) is 13.8 Å². The summed E-state index contributed by atoms with van der Waals surface area (Å²) in [5.41, 5.74) is 5.70. The molecule has 1 aromatic heterocycles. The van der Waals surface area contributed by atoms with Gasteiger partial charge in [-0.3, -0.25) is 14.3 Å². The van der Waals surface area contributed by atoms with Crippen molar-refractivity contribution >= 4 is 17.5 Å². The van der Waals surface area contributed by atoms with E-state index in [1.807, 2.05) is 13.8 Å². The molecule has 0 aliphatic rings. The van der Waals surface area contributed by atoms with Gasteiger partial charge < -0.3 is 16.4 Å². The van der Waals surface area contributed by atoms with E-state index in [0.29, 0.717) is 12.2 Å². The molecule has 0 unspecified atom stereocenters. The van der Waals surface area contributed by atoms with Crippen LogP contribution < -0.4 is 16.4 Å². The van der Waals surface area contributed by atoms with Crippen molar-refractivity contribution in [3.63, 3.8) is 0 Å². The molecule has 0 spiro atoms. The van der Waals surface area contributed by atoms with Crippen LogP contribution in [0.25, 0.3) is 0 Å².